The molecule has 0 aromatic carbocycles. The first-order valence-corrected chi connectivity index (χ1v) is 3.11. The number of nitrogens with one attached hydrogen (secondary N) is 2. The standard InChI is InChI=1S/C7H15N3/c1-5-8-7(2)9-6-10(3)4/h5,8-9H,1-2,6H2,3-4H3. The Labute approximate surface area is 62.4 Å². The number of hydrogen-bond donors (Lipinski definition) is 2. The summed E-state index contributed by atoms with van der Waals surface area (Å²) >= 11 is 0. The molecule has 0 rings (SSSR count). The summed E-state index contributed by atoms with van der Waals surface area (Å²) in [5.41, 5.74) is 0. The van der Waals surface area contributed by atoms with Crippen molar-refractivity contribution in [1.29, 1.82) is 0 Å². The summed E-state index contributed by atoms with van der Waals surface area (Å²) in [5, 5.41) is 5.86. The molecule has 0 aromatic rings. The summed E-state index contributed by atoms with van der Waals surface area (Å²) in [5.74, 6) is 0.767. The SMILES string of the molecule is C=CNC(=C)NCN(C)C. The Morgan fingerprint density at radius 3 is 2.60 bits per heavy atom. The Kier molecular flexibility index (Phi) is 4.41. The van der Waals surface area contributed by atoms with E-state index in [1.165, 1.54) is 0 Å². The maximum absolute atomic E-state index is 3.70. The van der Waals surface area contributed by atoms with Crippen LogP contribution in [0.25, 0.3) is 0 Å². The van der Waals surface area contributed by atoms with Gasteiger partial charge in [-0.3, -0.25) is 4.90 Å². The van der Waals surface area contributed by atoms with Crippen LogP contribution in [0, 0.1) is 0 Å². The predicted octanol–water partition coefficient (Wildman–Crippen LogP) is 0.299. The third-order valence-corrected chi connectivity index (χ3v) is 0.885. The number of hydrogen-bond acceptors (Lipinski definition) is 3. The van der Waals surface area contributed by atoms with Gasteiger partial charge < -0.3 is 10.6 Å². The minimum Gasteiger partial charge on any atom is -0.359 e. The molecule has 0 bridgehead atoms. The van der Waals surface area contributed by atoms with Crippen LogP contribution in [0.3, 0.4) is 0 Å². The molecule has 0 aromatic heterocycles. The van der Waals surface area contributed by atoms with Gasteiger partial charge in [-0.1, -0.05) is 13.2 Å². The van der Waals surface area contributed by atoms with Crippen molar-refractivity contribution in [3.63, 3.8) is 0 Å². The quantitative estimate of drug-likeness (QED) is 0.539. The molecule has 0 saturated heterocycles. The fraction of sp³-hybridized carbons (Fsp3) is 0.429. The lowest BCUT2D eigenvalue weighted by atomic mass is 10.7. The molecule has 0 fully saturated rings. The molecule has 0 amide bonds. The van der Waals surface area contributed by atoms with Crippen LogP contribution in [0.1, 0.15) is 0 Å². The highest BCUT2D eigenvalue weighted by Gasteiger charge is 1.88. The van der Waals surface area contributed by atoms with Crippen LogP contribution < -0.4 is 10.6 Å². The van der Waals surface area contributed by atoms with Gasteiger partial charge in [0.25, 0.3) is 0 Å². The van der Waals surface area contributed by atoms with Gasteiger partial charge in [0.1, 0.15) is 0 Å². The predicted molar refractivity (Wildman–Crippen MR) is 44.2 cm³/mol. The van der Waals surface area contributed by atoms with Crippen molar-refractivity contribution in [2.75, 3.05) is 20.8 Å². The maximum atomic E-state index is 3.70. The fourth-order valence-corrected chi connectivity index (χ4v) is 0.428. The zero-order chi connectivity index (χ0) is 7.98. The number of nitrogens with zero attached hydrogens (tertiary/aromatic N) is 1. The van der Waals surface area contributed by atoms with Crippen LogP contribution in [0.15, 0.2) is 25.2 Å². The van der Waals surface area contributed by atoms with Gasteiger partial charge in [0.2, 0.25) is 0 Å². The highest BCUT2D eigenvalue weighted by atomic mass is 15.2. The smallest absolute Gasteiger partial charge is 0.0962 e. The van der Waals surface area contributed by atoms with E-state index in [9.17, 15) is 0 Å². The molecule has 0 unspecified atom stereocenters. The average molecular weight is 141 g/mol. The molecule has 0 aliphatic heterocycles. The zero-order valence-electron chi connectivity index (χ0n) is 6.65. The Balaban J connectivity index is 3.30. The van der Waals surface area contributed by atoms with Gasteiger partial charge >= 0.3 is 0 Å². The van der Waals surface area contributed by atoms with Gasteiger partial charge in [0, 0.05) is 0 Å². The molecule has 0 aliphatic carbocycles. The van der Waals surface area contributed by atoms with E-state index >= 15 is 0 Å². The van der Waals surface area contributed by atoms with E-state index < -0.39 is 0 Å². The third-order valence-electron chi connectivity index (χ3n) is 0.885. The van der Waals surface area contributed by atoms with Gasteiger partial charge in [-0.05, 0) is 20.3 Å². The molecule has 0 atom stereocenters. The van der Waals surface area contributed by atoms with Crippen molar-refractivity contribution in [3.8, 4) is 0 Å². The maximum Gasteiger partial charge on any atom is 0.0962 e. The van der Waals surface area contributed by atoms with Crippen molar-refractivity contribution in [3.05, 3.63) is 25.2 Å². The molecule has 0 radical (unpaired) electrons. The van der Waals surface area contributed by atoms with Crippen molar-refractivity contribution in [2.24, 2.45) is 0 Å². The Hall–Kier alpha value is -0.960. The highest BCUT2D eigenvalue weighted by Crippen LogP contribution is 1.76. The third kappa shape index (κ3) is 5.18. The lowest BCUT2D eigenvalue weighted by Gasteiger charge is -2.13. The lowest BCUT2D eigenvalue weighted by Crippen LogP contribution is -2.31. The van der Waals surface area contributed by atoms with Gasteiger partial charge in [-0.25, -0.2) is 0 Å². The summed E-state index contributed by atoms with van der Waals surface area (Å²) in [6, 6.07) is 0. The molecule has 3 heteroatoms. The number of rotatable bonds is 5. The highest BCUT2D eigenvalue weighted by molar-refractivity contribution is 4.91. The van der Waals surface area contributed by atoms with Crippen molar-refractivity contribution in [1.82, 2.24) is 15.5 Å². The summed E-state index contributed by atoms with van der Waals surface area (Å²) in [4.78, 5) is 2.01. The average Bonchev–Trinajstić information content (AvgIpc) is 1.85. The molecular formula is C7H15N3. The van der Waals surface area contributed by atoms with E-state index in [0.29, 0.717) is 0 Å². The van der Waals surface area contributed by atoms with Crippen LogP contribution in [0.5, 0.6) is 0 Å². The minimum absolute atomic E-state index is 0.767. The van der Waals surface area contributed by atoms with Crippen LogP contribution in [0.4, 0.5) is 0 Å². The summed E-state index contributed by atoms with van der Waals surface area (Å²) < 4.78 is 0. The first-order valence-electron chi connectivity index (χ1n) is 3.11. The van der Waals surface area contributed by atoms with Gasteiger partial charge in [0.05, 0.1) is 12.5 Å². The van der Waals surface area contributed by atoms with Crippen molar-refractivity contribution < 1.29 is 0 Å². The van der Waals surface area contributed by atoms with Gasteiger partial charge in [-0.15, -0.1) is 0 Å². The molecule has 0 aliphatic rings. The second-order valence-corrected chi connectivity index (χ2v) is 2.24. The second-order valence-electron chi connectivity index (χ2n) is 2.24. The zero-order valence-corrected chi connectivity index (χ0v) is 6.65. The minimum atomic E-state index is 0.767. The van der Waals surface area contributed by atoms with E-state index in [1.54, 1.807) is 6.20 Å². The van der Waals surface area contributed by atoms with E-state index in [4.69, 9.17) is 0 Å². The molecule has 3 nitrogen and oxygen atoms in total. The van der Waals surface area contributed by atoms with E-state index in [1.807, 2.05) is 19.0 Å². The van der Waals surface area contributed by atoms with Crippen LogP contribution in [0.2, 0.25) is 0 Å². The molecule has 0 saturated carbocycles. The first-order chi connectivity index (χ1) is 4.66. The molecule has 58 valence electrons. The summed E-state index contributed by atoms with van der Waals surface area (Å²) in [7, 11) is 3.96. The molecule has 0 spiro atoms. The Bertz CT molecular complexity index is 118. The summed E-state index contributed by atoms with van der Waals surface area (Å²) in [6.45, 7) is 7.98. The normalized spacial score (nSPS) is 9.10. The van der Waals surface area contributed by atoms with Gasteiger partial charge in [-0.2, -0.15) is 0 Å². The van der Waals surface area contributed by atoms with Crippen molar-refractivity contribution in [2.45, 2.75) is 0 Å². The fourth-order valence-electron chi connectivity index (χ4n) is 0.428. The summed E-state index contributed by atoms with van der Waals surface area (Å²) in [6.07, 6.45) is 1.59. The Morgan fingerprint density at radius 2 is 2.20 bits per heavy atom. The Morgan fingerprint density at radius 1 is 1.60 bits per heavy atom. The molecule has 10 heavy (non-hydrogen) atoms. The van der Waals surface area contributed by atoms with Crippen molar-refractivity contribution >= 4 is 0 Å². The second kappa shape index (κ2) is 4.88. The lowest BCUT2D eigenvalue weighted by molar-refractivity contribution is 0.383. The van der Waals surface area contributed by atoms with E-state index in [-0.39, 0.29) is 0 Å². The van der Waals surface area contributed by atoms with Crippen LogP contribution >= 0.6 is 0 Å². The molecule has 2 N–H and O–H groups in total. The first kappa shape index (κ1) is 9.04. The monoisotopic (exact) mass is 141 g/mol. The van der Waals surface area contributed by atoms with E-state index in [0.717, 1.165) is 12.5 Å². The largest absolute Gasteiger partial charge is 0.359 e. The van der Waals surface area contributed by atoms with Gasteiger partial charge in [0.15, 0.2) is 0 Å². The van der Waals surface area contributed by atoms with E-state index in [2.05, 4.69) is 23.8 Å². The molecule has 0 heterocycles. The van der Waals surface area contributed by atoms with Crippen LogP contribution in [-0.4, -0.2) is 25.7 Å². The molecular weight excluding hydrogens is 126 g/mol. The van der Waals surface area contributed by atoms with Crippen LogP contribution in [-0.2, 0) is 0 Å². The topological polar surface area (TPSA) is 27.3 Å².